The molecule has 2 saturated heterocycles. The van der Waals surface area contributed by atoms with E-state index in [1.807, 2.05) is 18.2 Å². The molecule has 2 amide bonds. The first-order valence-corrected chi connectivity index (χ1v) is 10.3. The van der Waals surface area contributed by atoms with Gasteiger partial charge in [0.25, 0.3) is 0 Å². The third kappa shape index (κ3) is 4.16. The molecule has 0 unspecified atom stereocenters. The molecule has 2 bridgehead atoms. The maximum Gasteiger partial charge on any atom is 0.319 e. The normalized spacial score (nSPS) is 26.6. The van der Waals surface area contributed by atoms with E-state index in [2.05, 4.69) is 54.0 Å². The van der Waals surface area contributed by atoms with Crippen LogP contribution in [0.15, 0.2) is 54.6 Å². The molecule has 3 N–H and O–H groups in total. The fraction of sp³-hybridized carbons (Fsp3) is 0.435. The minimum Gasteiger partial charge on any atom is -0.335 e. The molecule has 142 valence electrons. The van der Waals surface area contributed by atoms with Crippen LogP contribution in [-0.2, 0) is 13.0 Å². The van der Waals surface area contributed by atoms with Crippen LogP contribution in [0.5, 0.6) is 0 Å². The summed E-state index contributed by atoms with van der Waals surface area (Å²) in [7, 11) is 0. The molecule has 2 aliphatic heterocycles. The summed E-state index contributed by atoms with van der Waals surface area (Å²) in [4.78, 5) is 14.2. The Labute approximate surface area is 162 Å². The highest BCUT2D eigenvalue weighted by molar-refractivity contribution is 5.90. The van der Waals surface area contributed by atoms with Gasteiger partial charge in [0.2, 0.25) is 0 Å². The number of quaternary nitrogens is 1. The number of carbonyl (C=O) groups is 1. The van der Waals surface area contributed by atoms with Crippen molar-refractivity contribution in [2.24, 2.45) is 0 Å². The summed E-state index contributed by atoms with van der Waals surface area (Å²) in [5.74, 6) is 0. The van der Waals surface area contributed by atoms with Crippen molar-refractivity contribution in [3.63, 3.8) is 0 Å². The molecule has 0 saturated carbocycles. The standard InChI is InChI=1S/C23H29N3O/c1-2-18-10-6-7-11-22(18)25-23(27)24-19-14-20-12-13-21(15-19)26(20)16-17-8-4-3-5-9-17/h3-11,19-21H,2,12-16H2,1H3,(H2,24,25,27)/p+1/t20-,21-/m1/s1. The van der Waals surface area contributed by atoms with Crippen LogP contribution in [0, 0.1) is 0 Å². The first-order chi connectivity index (χ1) is 13.2. The van der Waals surface area contributed by atoms with Crippen LogP contribution >= 0.6 is 0 Å². The number of anilines is 1. The van der Waals surface area contributed by atoms with Gasteiger partial charge in [0.05, 0.1) is 12.1 Å². The van der Waals surface area contributed by atoms with Crippen LogP contribution in [0.3, 0.4) is 0 Å². The second-order valence-electron chi connectivity index (χ2n) is 7.99. The van der Waals surface area contributed by atoms with Gasteiger partial charge in [-0.25, -0.2) is 4.79 Å². The molecule has 4 rings (SSSR count). The fourth-order valence-corrected chi connectivity index (χ4v) is 4.96. The second-order valence-corrected chi connectivity index (χ2v) is 7.99. The van der Waals surface area contributed by atoms with Crippen LogP contribution in [0.25, 0.3) is 0 Å². The SMILES string of the molecule is CCc1ccccc1NC(=O)NC1C[C@H]2CC[C@H](C1)[NH+]2Cc1ccccc1. The number of fused-ring (bicyclic) bond motifs is 2. The lowest BCUT2D eigenvalue weighted by molar-refractivity contribution is -0.954. The zero-order chi connectivity index (χ0) is 18.6. The van der Waals surface area contributed by atoms with Gasteiger partial charge in [-0.1, -0.05) is 55.5 Å². The average molecular weight is 365 g/mol. The van der Waals surface area contributed by atoms with E-state index in [-0.39, 0.29) is 12.1 Å². The van der Waals surface area contributed by atoms with Crippen molar-refractivity contribution >= 4 is 11.7 Å². The quantitative estimate of drug-likeness (QED) is 0.750. The molecule has 27 heavy (non-hydrogen) atoms. The number of piperidine rings is 1. The first-order valence-electron chi connectivity index (χ1n) is 10.3. The molecular formula is C23H30N3O+. The lowest BCUT2D eigenvalue weighted by atomic mass is 9.96. The van der Waals surface area contributed by atoms with E-state index in [1.165, 1.54) is 24.0 Å². The van der Waals surface area contributed by atoms with Crippen LogP contribution in [0.2, 0.25) is 0 Å². The van der Waals surface area contributed by atoms with Crippen molar-refractivity contribution in [2.45, 2.75) is 63.7 Å². The predicted octanol–water partition coefficient (Wildman–Crippen LogP) is 3.15. The minimum atomic E-state index is -0.0631. The monoisotopic (exact) mass is 364 g/mol. The summed E-state index contributed by atoms with van der Waals surface area (Å²) in [5.41, 5.74) is 3.52. The summed E-state index contributed by atoms with van der Waals surface area (Å²) in [6.07, 6.45) is 5.65. The Kier molecular flexibility index (Phi) is 5.44. The second kappa shape index (κ2) is 8.13. The molecule has 0 radical (unpaired) electrons. The number of carbonyl (C=O) groups excluding carboxylic acids is 1. The summed E-state index contributed by atoms with van der Waals surface area (Å²) in [6, 6.07) is 20.4. The molecule has 4 nitrogen and oxygen atoms in total. The number of hydrogen-bond donors (Lipinski definition) is 3. The van der Waals surface area contributed by atoms with Gasteiger partial charge in [-0.2, -0.15) is 0 Å². The number of urea groups is 1. The van der Waals surface area contributed by atoms with Crippen molar-refractivity contribution in [1.29, 1.82) is 0 Å². The van der Waals surface area contributed by atoms with E-state index in [0.717, 1.165) is 31.5 Å². The molecular weight excluding hydrogens is 334 g/mol. The molecule has 2 fully saturated rings. The van der Waals surface area contributed by atoms with Gasteiger partial charge in [-0.3, -0.25) is 0 Å². The number of rotatable bonds is 5. The van der Waals surface area contributed by atoms with Gasteiger partial charge in [-0.05, 0) is 18.1 Å². The summed E-state index contributed by atoms with van der Waals surface area (Å²) >= 11 is 0. The number of para-hydroxylation sites is 1. The number of hydrogen-bond acceptors (Lipinski definition) is 1. The summed E-state index contributed by atoms with van der Waals surface area (Å²) in [6.45, 7) is 3.22. The number of benzene rings is 2. The van der Waals surface area contributed by atoms with E-state index >= 15 is 0 Å². The van der Waals surface area contributed by atoms with Crippen LogP contribution in [0.4, 0.5) is 10.5 Å². The number of nitrogens with one attached hydrogen (secondary N) is 3. The van der Waals surface area contributed by atoms with E-state index in [9.17, 15) is 4.79 Å². The summed E-state index contributed by atoms with van der Waals surface area (Å²) in [5, 5.41) is 6.29. The highest BCUT2D eigenvalue weighted by Crippen LogP contribution is 2.24. The third-order valence-electron chi connectivity index (χ3n) is 6.28. The van der Waals surface area contributed by atoms with Crippen molar-refractivity contribution in [3.05, 3.63) is 65.7 Å². The Hall–Kier alpha value is -2.33. The van der Waals surface area contributed by atoms with E-state index in [0.29, 0.717) is 12.1 Å². The van der Waals surface area contributed by atoms with Gasteiger partial charge in [0, 0.05) is 43.0 Å². The Bertz CT molecular complexity index is 762. The number of amides is 2. The molecule has 2 heterocycles. The fourth-order valence-electron chi connectivity index (χ4n) is 4.96. The van der Waals surface area contributed by atoms with Crippen LogP contribution in [-0.4, -0.2) is 24.2 Å². The predicted molar refractivity (Wildman–Crippen MR) is 109 cm³/mol. The van der Waals surface area contributed by atoms with Gasteiger partial charge in [-0.15, -0.1) is 0 Å². The van der Waals surface area contributed by atoms with Gasteiger partial charge >= 0.3 is 6.03 Å². The Morgan fingerprint density at radius 3 is 2.37 bits per heavy atom. The van der Waals surface area contributed by atoms with Crippen molar-refractivity contribution in [3.8, 4) is 0 Å². The molecule has 2 atom stereocenters. The lowest BCUT2D eigenvalue weighted by Crippen LogP contribution is -3.17. The number of aryl methyl sites for hydroxylation is 1. The highest BCUT2D eigenvalue weighted by Gasteiger charge is 2.44. The zero-order valence-electron chi connectivity index (χ0n) is 16.1. The molecule has 0 spiro atoms. The Balaban J connectivity index is 1.34. The first kappa shape index (κ1) is 18.1. The Morgan fingerprint density at radius 1 is 1.00 bits per heavy atom. The van der Waals surface area contributed by atoms with Gasteiger partial charge < -0.3 is 15.5 Å². The van der Waals surface area contributed by atoms with Gasteiger partial charge in [0.15, 0.2) is 0 Å². The topological polar surface area (TPSA) is 45.6 Å². The zero-order valence-corrected chi connectivity index (χ0v) is 16.1. The van der Waals surface area contributed by atoms with E-state index in [4.69, 9.17) is 0 Å². The van der Waals surface area contributed by atoms with E-state index < -0.39 is 0 Å². The van der Waals surface area contributed by atoms with Crippen LogP contribution in [0.1, 0.15) is 43.7 Å². The largest absolute Gasteiger partial charge is 0.335 e. The highest BCUT2D eigenvalue weighted by atomic mass is 16.2. The smallest absolute Gasteiger partial charge is 0.319 e. The third-order valence-corrected chi connectivity index (χ3v) is 6.28. The maximum absolute atomic E-state index is 12.5. The van der Waals surface area contributed by atoms with Crippen LogP contribution < -0.4 is 15.5 Å². The molecule has 4 heteroatoms. The molecule has 0 aliphatic carbocycles. The lowest BCUT2D eigenvalue weighted by Gasteiger charge is -2.36. The average Bonchev–Trinajstić information content (AvgIpc) is 2.91. The minimum absolute atomic E-state index is 0.0631. The molecule has 2 aliphatic rings. The summed E-state index contributed by atoms with van der Waals surface area (Å²) < 4.78 is 0. The van der Waals surface area contributed by atoms with Gasteiger partial charge in [0.1, 0.15) is 6.54 Å². The van der Waals surface area contributed by atoms with E-state index in [1.54, 1.807) is 4.90 Å². The molecule has 0 aromatic heterocycles. The molecule has 2 aromatic rings. The van der Waals surface area contributed by atoms with Crippen molar-refractivity contribution in [2.75, 3.05) is 5.32 Å². The maximum atomic E-state index is 12.5. The van der Waals surface area contributed by atoms with Crippen molar-refractivity contribution < 1.29 is 9.69 Å². The Morgan fingerprint density at radius 2 is 1.67 bits per heavy atom. The molecule has 2 aromatic carbocycles. The van der Waals surface area contributed by atoms with Crippen molar-refractivity contribution in [1.82, 2.24) is 5.32 Å².